The molecule has 1 aliphatic rings. The smallest absolute Gasteiger partial charge is 0.227 e. The minimum Gasteiger partial charge on any atom is -0.390 e. The third-order valence-corrected chi connectivity index (χ3v) is 6.26. The molecule has 2 rings (SSSR count). The lowest BCUT2D eigenvalue weighted by atomic mass is 9.76. The second-order valence-electron chi connectivity index (χ2n) is 6.64. The molecule has 1 aromatic rings. The van der Waals surface area contributed by atoms with E-state index in [4.69, 9.17) is 5.11 Å². The molecular weight excluding hydrogens is 288 g/mol. The molecular formula is C15H26N2O3S. The lowest BCUT2D eigenvalue weighted by Gasteiger charge is -2.31. The van der Waals surface area contributed by atoms with Crippen molar-refractivity contribution >= 4 is 9.84 Å². The average molecular weight is 314 g/mol. The second-order valence-corrected chi connectivity index (χ2v) is 8.64. The maximum atomic E-state index is 12.4. The molecule has 0 saturated heterocycles. The SMILES string of the molecule is CC1CC(C)CC(CCS(=O)(=O)c2ncc(CO)n2C)C1. The number of aromatic nitrogens is 2. The zero-order valence-corrected chi connectivity index (χ0v) is 13.9. The first-order valence-electron chi connectivity index (χ1n) is 7.67. The molecule has 0 aromatic carbocycles. The van der Waals surface area contributed by atoms with Gasteiger partial charge in [-0.3, -0.25) is 0 Å². The lowest BCUT2D eigenvalue weighted by molar-refractivity contribution is 0.215. The Bertz CT molecular complexity index is 570. The van der Waals surface area contributed by atoms with Crippen LogP contribution >= 0.6 is 0 Å². The molecule has 0 amide bonds. The molecule has 1 saturated carbocycles. The first-order chi connectivity index (χ1) is 9.83. The quantitative estimate of drug-likeness (QED) is 0.904. The van der Waals surface area contributed by atoms with Gasteiger partial charge in [-0.05, 0) is 43.4 Å². The Hall–Kier alpha value is -0.880. The largest absolute Gasteiger partial charge is 0.390 e. The molecule has 2 unspecified atom stereocenters. The van der Waals surface area contributed by atoms with Crippen LogP contribution in [0.1, 0.15) is 45.2 Å². The van der Waals surface area contributed by atoms with Crippen molar-refractivity contribution in [1.82, 2.24) is 9.55 Å². The monoisotopic (exact) mass is 314 g/mol. The molecule has 0 aliphatic heterocycles. The maximum Gasteiger partial charge on any atom is 0.227 e. The Morgan fingerprint density at radius 2 is 1.90 bits per heavy atom. The summed E-state index contributed by atoms with van der Waals surface area (Å²) in [7, 11) is -1.74. The van der Waals surface area contributed by atoms with E-state index in [2.05, 4.69) is 18.8 Å². The summed E-state index contributed by atoms with van der Waals surface area (Å²) in [5.74, 6) is 2.02. The minimum atomic E-state index is -3.37. The lowest BCUT2D eigenvalue weighted by Crippen LogP contribution is -2.22. The van der Waals surface area contributed by atoms with Gasteiger partial charge in [-0.15, -0.1) is 0 Å². The van der Waals surface area contributed by atoms with Crippen molar-refractivity contribution in [1.29, 1.82) is 0 Å². The molecule has 2 atom stereocenters. The fraction of sp³-hybridized carbons (Fsp3) is 0.800. The van der Waals surface area contributed by atoms with Gasteiger partial charge in [0.05, 0.1) is 24.3 Å². The number of imidazole rings is 1. The molecule has 1 aliphatic carbocycles. The summed E-state index contributed by atoms with van der Waals surface area (Å²) < 4.78 is 26.3. The summed E-state index contributed by atoms with van der Waals surface area (Å²) in [6.45, 7) is 4.31. The van der Waals surface area contributed by atoms with E-state index in [1.807, 2.05) is 0 Å². The summed E-state index contributed by atoms with van der Waals surface area (Å²) in [6, 6.07) is 0. The van der Waals surface area contributed by atoms with Gasteiger partial charge in [0.1, 0.15) is 0 Å². The van der Waals surface area contributed by atoms with Crippen LogP contribution in [-0.4, -0.2) is 28.8 Å². The van der Waals surface area contributed by atoms with E-state index in [0.29, 0.717) is 29.9 Å². The fourth-order valence-electron chi connectivity index (χ4n) is 3.62. The highest BCUT2D eigenvalue weighted by molar-refractivity contribution is 7.91. The molecule has 6 heteroatoms. The van der Waals surface area contributed by atoms with Gasteiger partial charge in [-0.2, -0.15) is 0 Å². The third-order valence-electron chi connectivity index (χ3n) is 4.55. The number of aliphatic hydroxyl groups excluding tert-OH is 1. The standard InChI is InChI=1S/C15H26N2O3S/c1-11-6-12(2)8-13(7-11)4-5-21(19,20)15-16-9-14(10-18)17(15)3/h9,11-13,18H,4-8,10H2,1-3H3. The summed E-state index contributed by atoms with van der Waals surface area (Å²) >= 11 is 0. The highest BCUT2D eigenvalue weighted by Gasteiger charge is 2.27. The van der Waals surface area contributed by atoms with Gasteiger partial charge in [-0.25, -0.2) is 13.4 Å². The molecule has 1 N–H and O–H groups in total. The van der Waals surface area contributed by atoms with E-state index in [-0.39, 0.29) is 17.5 Å². The Balaban J connectivity index is 2.02. The Morgan fingerprint density at radius 1 is 1.29 bits per heavy atom. The van der Waals surface area contributed by atoms with Gasteiger partial charge in [0.2, 0.25) is 15.0 Å². The Morgan fingerprint density at radius 3 is 2.43 bits per heavy atom. The highest BCUT2D eigenvalue weighted by atomic mass is 32.2. The molecule has 120 valence electrons. The number of rotatable bonds is 5. The normalized spacial score (nSPS) is 27.0. The first-order valence-corrected chi connectivity index (χ1v) is 9.33. The Kier molecular flexibility index (Phi) is 5.09. The van der Waals surface area contributed by atoms with Crippen LogP contribution in [0.4, 0.5) is 0 Å². The van der Waals surface area contributed by atoms with Gasteiger partial charge in [0.25, 0.3) is 0 Å². The summed E-state index contributed by atoms with van der Waals surface area (Å²) in [4.78, 5) is 3.97. The van der Waals surface area contributed by atoms with Crippen molar-refractivity contribution in [3.8, 4) is 0 Å². The van der Waals surface area contributed by atoms with E-state index >= 15 is 0 Å². The van der Waals surface area contributed by atoms with Crippen LogP contribution in [0.3, 0.4) is 0 Å². The van der Waals surface area contributed by atoms with Gasteiger partial charge in [-0.1, -0.05) is 13.8 Å². The van der Waals surface area contributed by atoms with Crippen molar-refractivity contribution in [2.24, 2.45) is 24.8 Å². The van der Waals surface area contributed by atoms with E-state index < -0.39 is 9.84 Å². The van der Waals surface area contributed by atoms with E-state index in [9.17, 15) is 8.42 Å². The number of aliphatic hydroxyl groups is 1. The fourth-order valence-corrected chi connectivity index (χ4v) is 5.20. The third kappa shape index (κ3) is 3.86. The van der Waals surface area contributed by atoms with Crippen LogP contribution < -0.4 is 0 Å². The van der Waals surface area contributed by atoms with Crippen LogP contribution in [0.15, 0.2) is 11.4 Å². The molecule has 1 aromatic heterocycles. The van der Waals surface area contributed by atoms with Crippen LogP contribution in [0.2, 0.25) is 0 Å². The van der Waals surface area contributed by atoms with Crippen LogP contribution in [-0.2, 0) is 23.5 Å². The predicted molar refractivity (Wildman–Crippen MR) is 81.5 cm³/mol. The summed E-state index contributed by atoms with van der Waals surface area (Å²) in [5.41, 5.74) is 0.522. The molecule has 0 spiro atoms. The zero-order chi connectivity index (χ0) is 15.6. The van der Waals surface area contributed by atoms with Gasteiger partial charge in [0.15, 0.2) is 0 Å². The molecule has 1 fully saturated rings. The molecule has 21 heavy (non-hydrogen) atoms. The second kappa shape index (κ2) is 6.48. The van der Waals surface area contributed by atoms with Crippen molar-refractivity contribution < 1.29 is 13.5 Å². The number of sulfone groups is 1. The average Bonchev–Trinajstić information content (AvgIpc) is 2.77. The van der Waals surface area contributed by atoms with E-state index in [0.717, 1.165) is 12.8 Å². The van der Waals surface area contributed by atoms with Gasteiger partial charge in [0, 0.05) is 7.05 Å². The van der Waals surface area contributed by atoms with Crippen molar-refractivity contribution in [3.63, 3.8) is 0 Å². The van der Waals surface area contributed by atoms with Crippen LogP contribution in [0.25, 0.3) is 0 Å². The van der Waals surface area contributed by atoms with Crippen LogP contribution in [0.5, 0.6) is 0 Å². The van der Waals surface area contributed by atoms with E-state index in [1.54, 1.807) is 7.05 Å². The van der Waals surface area contributed by atoms with Gasteiger partial charge >= 0.3 is 0 Å². The number of nitrogens with zero attached hydrogens (tertiary/aromatic N) is 2. The first kappa shape index (κ1) is 16.5. The topological polar surface area (TPSA) is 72.2 Å². The van der Waals surface area contributed by atoms with Crippen molar-refractivity contribution in [2.75, 3.05) is 5.75 Å². The predicted octanol–water partition coefficient (Wildman–Crippen LogP) is 2.15. The number of hydrogen-bond acceptors (Lipinski definition) is 4. The van der Waals surface area contributed by atoms with E-state index in [1.165, 1.54) is 17.2 Å². The molecule has 5 nitrogen and oxygen atoms in total. The summed E-state index contributed by atoms with van der Waals surface area (Å²) in [6.07, 6.45) is 5.64. The minimum absolute atomic E-state index is 0.0726. The molecule has 1 heterocycles. The molecule has 0 radical (unpaired) electrons. The highest BCUT2D eigenvalue weighted by Crippen LogP contribution is 2.35. The zero-order valence-electron chi connectivity index (χ0n) is 13.1. The van der Waals surface area contributed by atoms with Crippen molar-refractivity contribution in [3.05, 3.63) is 11.9 Å². The van der Waals surface area contributed by atoms with Crippen molar-refractivity contribution in [2.45, 2.75) is 51.3 Å². The Labute approximate surface area is 127 Å². The van der Waals surface area contributed by atoms with Crippen LogP contribution in [0, 0.1) is 17.8 Å². The maximum absolute atomic E-state index is 12.4. The van der Waals surface area contributed by atoms with Gasteiger partial charge < -0.3 is 9.67 Å². The molecule has 0 bridgehead atoms. The summed E-state index contributed by atoms with van der Waals surface area (Å²) in [5, 5.41) is 9.21. The number of hydrogen-bond donors (Lipinski definition) is 1.